The minimum Gasteiger partial charge on any atom is -0.352 e. The second kappa shape index (κ2) is 5.21. The average Bonchev–Trinajstić information content (AvgIpc) is 2.71. The van der Waals surface area contributed by atoms with Gasteiger partial charge in [-0.05, 0) is 43.0 Å². The lowest BCUT2D eigenvalue weighted by atomic mass is 10.2. The summed E-state index contributed by atoms with van der Waals surface area (Å²) in [5.41, 5.74) is 0.745. The maximum atomic E-state index is 13.2. The summed E-state index contributed by atoms with van der Waals surface area (Å²) in [5, 5.41) is 3.83. The molecule has 0 saturated heterocycles. The van der Waals surface area contributed by atoms with Gasteiger partial charge in [0.2, 0.25) is 5.91 Å². The maximum Gasteiger partial charge on any atom is 0.240 e. The molecule has 0 spiro atoms. The molecule has 1 atom stereocenters. The molecule has 0 aliphatic carbocycles. The van der Waals surface area contributed by atoms with Crippen LogP contribution in [0, 0.1) is 5.82 Å². The Labute approximate surface area is 106 Å². The number of hydrogen-bond donors (Lipinski definition) is 1. The molecule has 96 valence electrons. The summed E-state index contributed by atoms with van der Waals surface area (Å²) in [4.78, 5) is 11.8. The third-order valence-corrected chi connectivity index (χ3v) is 3.07. The highest BCUT2D eigenvalue weighted by molar-refractivity contribution is 5.83. The fourth-order valence-corrected chi connectivity index (χ4v) is 1.87. The molecule has 1 aromatic carbocycles. The lowest BCUT2D eigenvalue weighted by Gasteiger charge is -2.12. The number of amides is 1. The lowest BCUT2D eigenvalue weighted by Crippen LogP contribution is -2.34. The molecule has 1 heterocycles. The molecule has 0 saturated carbocycles. The quantitative estimate of drug-likeness (QED) is 0.886. The molecular weight excluding hydrogens is 231 g/mol. The first-order valence-electron chi connectivity index (χ1n) is 6.14. The Morgan fingerprint density at radius 2 is 2.22 bits per heavy atom. The van der Waals surface area contributed by atoms with E-state index in [0.717, 1.165) is 17.3 Å². The van der Waals surface area contributed by atoms with Gasteiger partial charge in [0.15, 0.2) is 0 Å². The number of carbonyl (C=O) groups excluding carboxylic acids is 1. The fraction of sp³-hybridized carbons (Fsp3) is 0.357. The van der Waals surface area contributed by atoms with E-state index in [1.807, 2.05) is 19.9 Å². The van der Waals surface area contributed by atoms with Crippen LogP contribution in [0.3, 0.4) is 0 Å². The van der Waals surface area contributed by atoms with E-state index in [9.17, 15) is 9.18 Å². The van der Waals surface area contributed by atoms with Crippen LogP contribution in [0.25, 0.3) is 10.9 Å². The molecule has 3 nitrogen and oxygen atoms in total. The molecule has 1 N–H and O–H groups in total. The Balaban J connectivity index is 2.16. The van der Waals surface area contributed by atoms with E-state index in [0.29, 0.717) is 0 Å². The Hall–Kier alpha value is -1.84. The molecule has 1 aromatic heterocycles. The third-order valence-electron chi connectivity index (χ3n) is 3.07. The second-order valence-corrected chi connectivity index (χ2v) is 4.52. The second-order valence-electron chi connectivity index (χ2n) is 4.52. The Morgan fingerprint density at radius 1 is 1.44 bits per heavy atom. The van der Waals surface area contributed by atoms with Crippen molar-refractivity contribution in [1.29, 1.82) is 0 Å². The van der Waals surface area contributed by atoms with E-state index in [1.165, 1.54) is 12.1 Å². The minimum atomic E-state index is -0.287. The van der Waals surface area contributed by atoms with Crippen LogP contribution in [0.15, 0.2) is 30.5 Å². The molecule has 2 rings (SSSR count). The van der Waals surface area contributed by atoms with Gasteiger partial charge in [0.1, 0.15) is 12.4 Å². The topological polar surface area (TPSA) is 34.0 Å². The van der Waals surface area contributed by atoms with Crippen molar-refractivity contribution in [2.75, 3.05) is 0 Å². The zero-order valence-electron chi connectivity index (χ0n) is 10.6. The number of benzene rings is 1. The zero-order valence-corrected chi connectivity index (χ0v) is 10.6. The van der Waals surface area contributed by atoms with Crippen molar-refractivity contribution < 1.29 is 9.18 Å². The van der Waals surface area contributed by atoms with Gasteiger partial charge >= 0.3 is 0 Å². The van der Waals surface area contributed by atoms with Gasteiger partial charge in [-0.3, -0.25) is 4.79 Å². The highest BCUT2D eigenvalue weighted by atomic mass is 19.1. The van der Waals surface area contributed by atoms with Gasteiger partial charge in [-0.15, -0.1) is 0 Å². The van der Waals surface area contributed by atoms with Crippen molar-refractivity contribution in [2.45, 2.75) is 32.9 Å². The normalized spacial score (nSPS) is 12.6. The van der Waals surface area contributed by atoms with Gasteiger partial charge in [-0.1, -0.05) is 6.92 Å². The van der Waals surface area contributed by atoms with Crippen LogP contribution in [0.1, 0.15) is 20.3 Å². The number of carbonyl (C=O) groups is 1. The van der Waals surface area contributed by atoms with Crippen molar-refractivity contribution in [3.8, 4) is 0 Å². The van der Waals surface area contributed by atoms with Crippen LogP contribution in [0.2, 0.25) is 0 Å². The third kappa shape index (κ3) is 2.70. The van der Waals surface area contributed by atoms with Crippen LogP contribution >= 0.6 is 0 Å². The van der Waals surface area contributed by atoms with Crippen molar-refractivity contribution >= 4 is 16.8 Å². The maximum absolute atomic E-state index is 13.2. The summed E-state index contributed by atoms with van der Waals surface area (Å²) in [6.07, 6.45) is 2.70. The molecule has 0 aliphatic rings. The summed E-state index contributed by atoms with van der Waals surface area (Å²) in [6.45, 7) is 4.20. The SMILES string of the molecule is CCC(C)NC(=O)Cn1ccc2ccc(F)cc21. The summed E-state index contributed by atoms with van der Waals surface area (Å²) < 4.78 is 14.9. The largest absolute Gasteiger partial charge is 0.352 e. The van der Waals surface area contributed by atoms with Gasteiger partial charge in [0.05, 0.1) is 5.52 Å². The minimum absolute atomic E-state index is 0.0499. The summed E-state index contributed by atoms with van der Waals surface area (Å²) in [7, 11) is 0. The first-order valence-corrected chi connectivity index (χ1v) is 6.14. The number of halogens is 1. The zero-order chi connectivity index (χ0) is 13.1. The van der Waals surface area contributed by atoms with Gasteiger partial charge < -0.3 is 9.88 Å². The molecule has 18 heavy (non-hydrogen) atoms. The smallest absolute Gasteiger partial charge is 0.240 e. The van der Waals surface area contributed by atoms with Crippen molar-refractivity contribution in [3.63, 3.8) is 0 Å². The summed E-state index contributed by atoms with van der Waals surface area (Å²) >= 11 is 0. The number of nitrogens with one attached hydrogen (secondary N) is 1. The molecule has 0 fully saturated rings. The lowest BCUT2D eigenvalue weighted by molar-refractivity contribution is -0.122. The van der Waals surface area contributed by atoms with E-state index < -0.39 is 0 Å². The number of aromatic nitrogens is 1. The first kappa shape index (κ1) is 12.6. The molecule has 1 unspecified atom stereocenters. The Morgan fingerprint density at radius 3 is 2.94 bits per heavy atom. The van der Waals surface area contributed by atoms with Crippen LogP contribution in [0.4, 0.5) is 4.39 Å². The highest BCUT2D eigenvalue weighted by Gasteiger charge is 2.08. The molecule has 2 aromatic rings. The number of fused-ring (bicyclic) bond motifs is 1. The van der Waals surface area contributed by atoms with Gasteiger partial charge in [-0.2, -0.15) is 0 Å². The standard InChI is InChI=1S/C14H17FN2O/c1-3-10(2)16-14(18)9-17-7-6-11-4-5-12(15)8-13(11)17/h4-8,10H,3,9H2,1-2H3,(H,16,18). The van der Waals surface area contributed by atoms with E-state index in [1.54, 1.807) is 16.8 Å². The molecular formula is C14H17FN2O. The van der Waals surface area contributed by atoms with E-state index in [2.05, 4.69) is 5.32 Å². The predicted molar refractivity (Wildman–Crippen MR) is 69.8 cm³/mol. The van der Waals surface area contributed by atoms with Gasteiger partial charge in [0.25, 0.3) is 0 Å². The van der Waals surface area contributed by atoms with Crippen LogP contribution < -0.4 is 5.32 Å². The number of nitrogens with zero attached hydrogens (tertiary/aromatic N) is 1. The average molecular weight is 248 g/mol. The van der Waals surface area contributed by atoms with E-state index in [-0.39, 0.29) is 24.3 Å². The van der Waals surface area contributed by atoms with Crippen LogP contribution in [0.5, 0.6) is 0 Å². The van der Waals surface area contributed by atoms with Crippen LogP contribution in [-0.4, -0.2) is 16.5 Å². The van der Waals surface area contributed by atoms with Crippen molar-refractivity contribution in [1.82, 2.24) is 9.88 Å². The Kier molecular flexibility index (Phi) is 3.65. The monoisotopic (exact) mass is 248 g/mol. The fourth-order valence-electron chi connectivity index (χ4n) is 1.87. The molecule has 0 bridgehead atoms. The first-order chi connectivity index (χ1) is 8.60. The van der Waals surface area contributed by atoms with Gasteiger partial charge in [-0.25, -0.2) is 4.39 Å². The van der Waals surface area contributed by atoms with Crippen molar-refractivity contribution in [2.24, 2.45) is 0 Å². The summed E-state index contributed by atoms with van der Waals surface area (Å²) in [6, 6.07) is 6.63. The van der Waals surface area contributed by atoms with Crippen LogP contribution in [-0.2, 0) is 11.3 Å². The highest BCUT2D eigenvalue weighted by Crippen LogP contribution is 2.16. The molecule has 4 heteroatoms. The molecule has 1 amide bonds. The predicted octanol–water partition coefficient (Wildman–Crippen LogP) is 2.70. The van der Waals surface area contributed by atoms with Gasteiger partial charge in [0, 0.05) is 12.2 Å². The van der Waals surface area contributed by atoms with E-state index >= 15 is 0 Å². The Bertz CT molecular complexity index is 562. The molecule has 0 radical (unpaired) electrons. The van der Waals surface area contributed by atoms with E-state index in [4.69, 9.17) is 0 Å². The number of hydrogen-bond acceptors (Lipinski definition) is 1. The van der Waals surface area contributed by atoms with Crippen molar-refractivity contribution in [3.05, 3.63) is 36.3 Å². The number of rotatable bonds is 4. The molecule has 0 aliphatic heterocycles. The summed E-state index contributed by atoms with van der Waals surface area (Å²) in [5.74, 6) is -0.337.